The highest BCUT2D eigenvalue weighted by atomic mass is 14.5. The molecule has 0 saturated carbocycles. The maximum Gasteiger partial charge on any atom is 0.0725 e. The van der Waals surface area contributed by atoms with Crippen molar-refractivity contribution in [1.82, 2.24) is 0 Å². The topological polar surface area (TPSA) is 0 Å². The van der Waals surface area contributed by atoms with Crippen LogP contribution in [0.4, 0.5) is 0 Å². The van der Waals surface area contributed by atoms with Crippen LogP contribution in [0, 0.1) is 0 Å². The van der Waals surface area contributed by atoms with Crippen molar-refractivity contribution < 1.29 is 0 Å². The lowest BCUT2D eigenvalue weighted by molar-refractivity contribution is 0.795. The first kappa shape index (κ1) is 21.6. The highest BCUT2D eigenvalue weighted by Crippen LogP contribution is 2.65. The van der Waals surface area contributed by atoms with E-state index in [2.05, 4.69) is 146 Å². The number of hydrogen-bond donors (Lipinski definition) is 0. The van der Waals surface area contributed by atoms with E-state index >= 15 is 0 Å². The molecule has 0 bridgehead atoms. The Hall–Kier alpha value is -5.20. The zero-order valence-corrected chi connectivity index (χ0v) is 22.4. The molecule has 0 N–H and O–H groups in total. The van der Waals surface area contributed by atoms with Crippen molar-refractivity contribution in [3.8, 4) is 55.6 Å². The molecule has 0 aromatic heterocycles. The molecule has 41 heavy (non-hydrogen) atoms. The van der Waals surface area contributed by atoms with Crippen LogP contribution in [-0.2, 0) is 5.41 Å². The van der Waals surface area contributed by atoms with Crippen molar-refractivity contribution in [2.24, 2.45) is 0 Å². The van der Waals surface area contributed by atoms with Crippen LogP contribution in [0.1, 0.15) is 22.3 Å². The molecule has 0 amide bonds. The predicted octanol–water partition coefficient (Wildman–Crippen LogP) is 10.5. The second kappa shape index (κ2) is 7.50. The van der Waals surface area contributed by atoms with Crippen LogP contribution < -0.4 is 0 Å². The third-order valence-electron chi connectivity index (χ3n) is 9.82. The van der Waals surface area contributed by atoms with Gasteiger partial charge >= 0.3 is 0 Å². The number of fused-ring (bicyclic) bond motifs is 14. The van der Waals surface area contributed by atoms with Gasteiger partial charge in [0.25, 0.3) is 0 Å². The normalized spacial score (nSPS) is 14.0. The maximum atomic E-state index is 2.56. The molecule has 3 aliphatic rings. The van der Waals surface area contributed by atoms with Crippen LogP contribution in [0.2, 0.25) is 0 Å². The van der Waals surface area contributed by atoms with Crippen LogP contribution in [0.15, 0.2) is 146 Å². The first-order chi connectivity index (χ1) is 20.4. The molecule has 0 saturated heterocycles. The van der Waals surface area contributed by atoms with Gasteiger partial charge in [-0.3, -0.25) is 0 Å². The van der Waals surface area contributed by atoms with E-state index in [1.165, 1.54) is 88.7 Å². The zero-order chi connectivity index (χ0) is 26.7. The fraction of sp³-hybridized carbons (Fsp3) is 0.0244. The second-order valence-electron chi connectivity index (χ2n) is 11.6. The molecule has 188 valence electrons. The average Bonchev–Trinajstić information content (AvgIpc) is 3.64. The van der Waals surface area contributed by atoms with Crippen molar-refractivity contribution in [2.45, 2.75) is 5.41 Å². The van der Waals surface area contributed by atoms with Gasteiger partial charge in [0, 0.05) is 0 Å². The minimum atomic E-state index is -0.334. The largest absolute Gasteiger partial charge is 0.0725 e. The molecule has 0 atom stereocenters. The first-order valence-corrected chi connectivity index (χ1v) is 14.5. The molecule has 7 aromatic rings. The Balaban J connectivity index is 1.37. The van der Waals surface area contributed by atoms with Crippen LogP contribution in [0.5, 0.6) is 0 Å². The van der Waals surface area contributed by atoms with E-state index in [0.717, 1.165) is 0 Å². The SMILES string of the molecule is c1ccc(-c2ccc3c(c2)-c2cc4c(c5cccc-3c25)-c2ccccc2C42c3ccccc3-c3ccccc32)cc1. The second-order valence-corrected chi connectivity index (χ2v) is 11.6. The van der Waals surface area contributed by atoms with Crippen molar-refractivity contribution >= 4 is 10.8 Å². The summed E-state index contributed by atoms with van der Waals surface area (Å²) in [5, 5.41) is 2.75. The minimum Gasteiger partial charge on any atom is -0.0622 e. The Morgan fingerprint density at radius 1 is 0.317 bits per heavy atom. The van der Waals surface area contributed by atoms with Gasteiger partial charge in [-0.2, -0.15) is 0 Å². The third-order valence-corrected chi connectivity index (χ3v) is 9.82. The fourth-order valence-electron chi connectivity index (χ4n) is 8.31. The van der Waals surface area contributed by atoms with E-state index < -0.39 is 0 Å². The molecule has 10 rings (SSSR count). The summed E-state index contributed by atoms with van der Waals surface area (Å²) in [5.41, 5.74) is 18.6. The van der Waals surface area contributed by atoms with Gasteiger partial charge in [0.1, 0.15) is 0 Å². The standard InChI is InChI=1S/C41H24/c1-2-11-25(12-3-1)26-21-22-27-30-16-10-17-32-39(30)34(33(27)23-26)24-38-40(32)31-15-6-9-20-37(31)41(38)35-18-7-4-13-28(35)29-14-5-8-19-36(29)41/h1-24H. The lowest BCUT2D eigenvalue weighted by Gasteiger charge is -2.30. The molecular formula is C41H24. The van der Waals surface area contributed by atoms with Crippen molar-refractivity contribution in [3.63, 3.8) is 0 Å². The monoisotopic (exact) mass is 516 g/mol. The van der Waals surface area contributed by atoms with E-state index in [0.29, 0.717) is 0 Å². The van der Waals surface area contributed by atoms with Crippen LogP contribution in [-0.4, -0.2) is 0 Å². The van der Waals surface area contributed by atoms with E-state index in [-0.39, 0.29) is 5.41 Å². The number of benzene rings is 7. The van der Waals surface area contributed by atoms with E-state index in [9.17, 15) is 0 Å². The minimum absolute atomic E-state index is 0.334. The molecule has 7 aromatic carbocycles. The van der Waals surface area contributed by atoms with Gasteiger partial charge in [0.05, 0.1) is 5.41 Å². The van der Waals surface area contributed by atoms with Crippen LogP contribution >= 0.6 is 0 Å². The molecular weight excluding hydrogens is 492 g/mol. The summed E-state index contributed by atoms with van der Waals surface area (Å²) in [6.07, 6.45) is 0. The third kappa shape index (κ3) is 2.48. The lowest BCUT2D eigenvalue weighted by atomic mass is 9.70. The fourth-order valence-corrected chi connectivity index (χ4v) is 8.31. The van der Waals surface area contributed by atoms with E-state index in [1.54, 1.807) is 0 Å². The van der Waals surface area contributed by atoms with Gasteiger partial charge in [0.15, 0.2) is 0 Å². The predicted molar refractivity (Wildman–Crippen MR) is 170 cm³/mol. The molecule has 0 radical (unpaired) electrons. The molecule has 0 nitrogen and oxygen atoms in total. The first-order valence-electron chi connectivity index (χ1n) is 14.5. The van der Waals surface area contributed by atoms with E-state index in [1.807, 2.05) is 0 Å². The summed E-state index contributed by atoms with van der Waals surface area (Å²) >= 11 is 0. The number of hydrogen-bond acceptors (Lipinski definition) is 0. The zero-order valence-electron chi connectivity index (χ0n) is 22.4. The Morgan fingerprint density at radius 3 is 1.66 bits per heavy atom. The van der Waals surface area contributed by atoms with Gasteiger partial charge < -0.3 is 0 Å². The average molecular weight is 517 g/mol. The van der Waals surface area contributed by atoms with Crippen molar-refractivity contribution in [3.05, 3.63) is 168 Å². The van der Waals surface area contributed by atoms with Gasteiger partial charge in [-0.25, -0.2) is 0 Å². The summed E-state index contributed by atoms with van der Waals surface area (Å²) in [7, 11) is 0. The Bertz CT molecular complexity index is 2200. The highest BCUT2D eigenvalue weighted by molar-refractivity contribution is 6.21. The molecule has 0 heteroatoms. The molecule has 3 aliphatic carbocycles. The Morgan fingerprint density at radius 2 is 0.927 bits per heavy atom. The van der Waals surface area contributed by atoms with Gasteiger partial charge in [-0.15, -0.1) is 0 Å². The summed E-state index contributed by atoms with van der Waals surface area (Å²) < 4.78 is 0. The highest BCUT2D eigenvalue weighted by Gasteiger charge is 2.52. The van der Waals surface area contributed by atoms with Gasteiger partial charge in [-0.1, -0.05) is 133 Å². The Kier molecular flexibility index (Phi) is 3.95. The molecule has 0 aliphatic heterocycles. The number of rotatable bonds is 1. The summed E-state index contributed by atoms with van der Waals surface area (Å²) in [4.78, 5) is 0. The van der Waals surface area contributed by atoms with Crippen molar-refractivity contribution in [1.29, 1.82) is 0 Å². The molecule has 0 fully saturated rings. The van der Waals surface area contributed by atoms with E-state index in [4.69, 9.17) is 0 Å². The molecule has 0 unspecified atom stereocenters. The summed E-state index contributed by atoms with van der Waals surface area (Å²) in [6, 6.07) is 54.6. The van der Waals surface area contributed by atoms with Crippen LogP contribution in [0.25, 0.3) is 66.4 Å². The van der Waals surface area contributed by atoms with Gasteiger partial charge in [0.2, 0.25) is 0 Å². The quantitative estimate of drug-likeness (QED) is 0.204. The lowest BCUT2D eigenvalue weighted by Crippen LogP contribution is -2.25. The smallest absolute Gasteiger partial charge is 0.0622 e. The van der Waals surface area contributed by atoms with Gasteiger partial charge in [-0.05, 0) is 101 Å². The summed E-state index contributed by atoms with van der Waals surface area (Å²) in [5.74, 6) is 0. The van der Waals surface area contributed by atoms with Crippen molar-refractivity contribution in [2.75, 3.05) is 0 Å². The Labute approximate surface area is 239 Å². The summed E-state index contributed by atoms with van der Waals surface area (Å²) in [6.45, 7) is 0. The van der Waals surface area contributed by atoms with Crippen LogP contribution in [0.3, 0.4) is 0 Å². The molecule has 0 heterocycles. The molecule has 1 spiro atoms. The maximum absolute atomic E-state index is 2.56.